The second-order valence-corrected chi connectivity index (χ2v) is 7.13. The first-order valence-electron chi connectivity index (χ1n) is 9.04. The first-order valence-corrected chi connectivity index (χ1v) is 9.04. The average molecular weight is 339 g/mol. The first-order chi connectivity index (χ1) is 12.1. The fourth-order valence-corrected chi connectivity index (χ4v) is 4.07. The highest BCUT2D eigenvalue weighted by atomic mass is 19.1. The molecule has 0 radical (unpaired) electrons. The zero-order valence-corrected chi connectivity index (χ0v) is 14.6. The average Bonchev–Trinajstić information content (AvgIpc) is 2.76. The van der Waals surface area contributed by atoms with E-state index in [1.165, 1.54) is 30.0 Å². The Morgan fingerprint density at radius 2 is 1.88 bits per heavy atom. The summed E-state index contributed by atoms with van der Waals surface area (Å²) in [5.74, 6) is 0.899. The molecule has 1 N–H and O–H groups in total. The number of benzene rings is 2. The van der Waals surface area contributed by atoms with Crippen molar-refractivity contribution < 1.29 is 14.1 Å². The fraction of sp³-hybridized carbons (Fsp3) is 0.381. The van der Waals surface area contributed by atoms with Crippen LogP contribution in [0.2, 0.25) is 0 Å². The van der Waals surface area contributed by atoms with E-state index in [1.54, 1.807) is 12.1 Å². The van der Waals surface area contributed by atoms with Crippen LogP contribution in [0.15, 0.2) is 48.5 Å². The minimum Gasteiger partial charge on any atom is -0.346 e. The van der Waals surface area contributed by atoms with Gasteiger partial charge in [0.25, 0.3) is 11.6 Å². The third kappa shape index (κ3) is 2.85. The standard InChI is InChI=1S/C21H24FN2O/c1-16-6-5-7-19(14-16)23-15-21(25,17-9-11-18(22)12-10-17)24-13-4-2-3-8-20(23)24/h5-7,9-12,14,25H,2-4,8,13,15H2,1H3/q+1/t21-/m0/s1. The highest BCUT2D eigenvalue weighted by molar-refractivity contribution is 5.96. The zero-order chi connectivity index (χ0) is 17.4. The minimum absolute atomic E-state index is 0.277. The van der Waals surface area contributed by atoms with E-state index in [4.69, 9.17) is 0 Å². The summed E-state index contributed by atoms with van der Waals surface area (Å²) >= 11 is 0. The van der Waals surface area contributed by atoms with Crippen LogP contribution in [0, 0.1) is 12.7 Å². The van der Waals surface area contributed by atoms with Gasteiger partial charge in [0.1, 0.15) is 11.5 Å². The summed E-state index contributed by atoms with van der Waals surface area (Å²) < 4.78 is 15.5. The molecule has 0 aliphatic carbocycles. The summed E-state index contributed by atoms with van der Waals surface area (Å²) in [5, 5.41) is 11.6. The molecule has 3 nitrogen and oxygen atoms in total. The molecule has 0 spiro atoms. The SMILES string of the molecule is Cc1cccc(N2C[C@](O)(c3ccc(F)cc3)[N+]3=C2CCCCC3)c1. The van der Waals surface area contributed by atoms with Gasteiger partial charge in [0.2, 0.25) is 0 Å². The van der Waals surface area contributed by atoms with E-state index >= 15 is 0 Å². The third-order valence-corrected chi connectivity index (χ3v) is 5.35. The summed E-state index contributed by atoms with van der Waals surface area (Å²) in [5.41, 5.74) is 1.95. The van der Waals surface area contributed by atoms with Gasteiger partial charge in [-0.05, 0) is 68.1 Å². The van der Waals surface area contributed by atoms with E-state index < -0.39 is 5.72 Å². The van der Waals surface area contributed by atoms with Crippen molar-refractivity contribution in [3.8, 4) is 0 Å². The molecule has 1 atom stereocenters. The van der Waals surface area contributed by atoms with Crippen molar-refractivity contribution in [2.45, 2.75) is 38.3 Å². The number of anilines is 1. The molecule has 4 heteroatoms. The molecule has 4 rings (SSSR count). The van der Waals surface area contributed by atoms with Gasteiger partial charge < -0.3 is 5.11 Å². The van der Waals surface area contributed by atoms with Crippen molar-refractivity contribution in [1.82, 2.24) is 0 Å². The number of halogens is 1. The summed E-state index contributed by atoms with van der Waals surface area (Å²) in [6.45, 7) is 3.38. The Balaban J connectivity index is 1.81. The smallest absolute Gasteiger partial charge is 0.271 e. The molecule has 0 saturated carbocycles. The molecule has 2 aromatic carbocycles. The van der Waals surface area contributed by atoms with Gasteiger partial charge in [0, 0.05) is 12.0 Å². The topological polar surface area (TPSA) is 26.5 Å². The monoisotopic (exact) mass is 339 g/mol. The fourth-order valence-electron chi connectivity index (χ4n) is 4.07. The molecule has 0 amide bonds. The third-order valence-electron chi connectivity index (χ3n) is 5.35. The van der Waals surface area contributed by atoms with Crippen molar-refractivity contribution in [1.29, 1.82) is 0 Å². The van der Waals surface area contributed by atoms with Crippen LogP contribution in [-0.4, -0.2) is 28.6 Å². The highest BCUT2D eigenvalue weighted by Crippen LogP contribution is 2.35. The van der Waals surface area contributed by atoms with Crippen LogP contribution in [0.5, 0.6) is 0 Å². The normalized spacial score (nSPS) is 23.6. The maximum Gasteiger partial charge on any atom is 0.271 e. The van der Waals surface area contributed by atoms with E-state index in [2.05, 4.69) is 40.7 Å². The lowest BCUT2D eigenvalue weighted by Crippen LogP contribution is -2.41. The van der Waals surface area contributed by atoms with E-state index in [9.17, 15) is 9.50 Å². The van der Waals surface area contributed by atoms with Crippen molar-refractivity contribution in [3.63, 3.8) is 0 Å². The maximum absolute atomic E-state index is 13.4. The van der Waals surface area contributed by atoms with Crippen LogP contribution in [-0.2, 0) is 5.72 Å². The van der Waals surface area contributed by atoms with E-state index in [1.807, 2.05) is 0 Å². The molecule has 2 aliphatic heterocycles. The number of nitrogens with zero attached hydrogens (tertiary/aromatic N) is 2. The summed E-state index contributed by atoms with van der Waals surface area (Å²) in [6, 6.07) is 14.7. The second kappa shape index (κ2) is 6.26. The Bertz CT molecular complexity index is 815. The number of aliphatic hydroxyl groups is 1. The molecule has 0 aromatic heterocycles. The van der Waals surface area contributed by atoms with Gasteiger partial charge in [-0.2, -0.15) is 0 Å². The van der Waals surface area contributed by atoms with Crippen molar-refractivity contribution in [2.75, 3.05) is 18.0 Å². The summed E-state index contributed by atoms with van der Waals surface area (Å²) in [7, 11) is 0. The van der Waals surface area contributed by atoms with Crippen molar-refractivity contribution >= 4 is 11.5 Å². The lowest BCUT2D eigenvalue weighted by molar-refractivity contribution is -0.658. The molecule has 0 bridgehead atoms. The van der Waals surface area contributed by atoms with E-state index in [-0.39, 0.29) is 5.82 Å². The molecular weight excluding hydrogens is 315 g/mol. The van der Waals surface area contributed by atoms with Gasteiger partial charge in [0.15, 0.2) is 6.54 Å². The number of rotatable bonds is 2. The Labute approximate surface area is 148 Å². The molecule has 2 aliphatic rings. The van der Waals surface area contributed by atoms with Crippen LogP contribution in [0.3, 0.4) is 0 Å². The van der Waals surface area contributed by atoms with Gasteiger partial charge in [-0.1, -0.05) is 12.1 Å². The molecule has 0 saturated heterocycles. The molecule has 0 unspecified atom stereocenters. The van der Waals surface area contributed by atoms with Crippen LogP contribution in [0.1, 0.15) is 36.8 Å². The molecule has 0 fully saturated rings. The maximum atomic E-state index is 13.4. The van der Waals surface area contributed by atoms with Gasteiger partial charge in [-0.15, -0.1) is 0 Å². The molecule has 2 heterocycles. The van der Waals surface area contributed by atoms with Crippen LogP contribution >= 0.6 is 0 Å². The van der Waals surface area contributed by atoms with Crippen molar-refractivity contribution in [3.05, 3.63) is 65.5 Å². The van der Waals surface area contributed by atoms with Crippen LogP contribution in [0.4, 0.5) is 10.1 Å². The zero-order valence-electron chi connectivity index (χ0n) is 14.6. The Morgan fingerprint density at radius 1 is 1.08 bits per heavy atom. The molecule has 25 heavy (non-hydrogen) atoms. The van der Waals surface area contributed by atoms with Crippen LogP contribution in [0.25, 0.3) is 0 Å². The lowest BCUT2D eigenvalue weighted by atomic mass is 10.0. The minimum atomic E-state index is -1.11. The van der Waals surface area contributed by atoms with Gasteiger partial charge >= 0.3 is 0 Å². The first kappa shape index (κ1) is 16.3. The lowest BCUT2D eigenvalue weighted by Gasteiger charge is -2.23. The second-order valence-electron chi connectivity index (χ2n) is 7.13. The molecule has 130 valence electrons. The number of hydrogen-bond donors (Lipinski definition) is 1. The van der Waals surface area contributed by atoms with Crippen LogP contribution < -0.4 is 4.90 Å². The largest absolute Gasteiger partial charge is 0.346 e. The number of aryl methyl sites for hydroxylation is 1. The Morgan fingerprint density at radius 3 is 2.64 bits per heavy atom. The van der Waals surface area contributed by atoms with Gasteiger partial charge in [-0.25, -0.2) is 13.9 Å². The van der Waals surface area contributed by atoms with E-state index in [0.717, 1.165) is 37.1 Å². The van der Waals surface area contributed by atoms with Crippen molar-refractivity contribution in [2.24, 2.45) is 0 Å². The molecule has 2 aromatic rings. The quantitative estimate of drug-likeness (QED) is 0.843. The number of β-amino-alcohol motifs (C(OH)–C–C–N with tert-alkyl or cyclic N) is 1. The molecular formula is C21H24FN2O+. The number of amidine groups is 1. The van der Waals surface area contributed by atoms with E-state index in [0.29, 0.717) is 6.54 Å². The Kier molecular flexibility index (Phi) is 4.08. The summed E-state index contributed by atoms with van der Waals surface area (Å²) in [6.07, 6.45) is 4.32. The highest BCUT2D eigenvalue weighted by Gasteiger charge is 2.51. The van der Waals surface area contributed by atoms with Gasteiger partial charge in [-0.3, -0.25) is 0 Å². The predicted molar refractivity (Wildman–Crippen MR) is 97.4 cm³/mol. The Hall–Kier alpha value is -2.20. The summed E-state index contributed by atoms with van der Waals surface area (Å²) in [4.78, 5) is 2.24. The number of hydrogen-bond acceptors (Lipinski definition) is 2. The predicted octanol–water partition coefficient (Wildman–Crippen LogP) is 3.78. The van der Waals surface area contributed by atoms with Gasteiger partial charge in [0.05, 0.1) is 6.54 Å².